The molecule has 21 heavy (non-hydrogen) atoms. The van der Waals surface area contributed by atoms with Crippen molar-refractivity contribution in [2.45, 2.75) is 0 Å². The topological polar surface area (TPSA) is 13.1 Å². The Kier molecular flexibility index (Phi) is 2.82. The van der Waals surface area contributed by atoms with Crippen LogP contribution in [-0.2, 0) is 0 Å². The molecule has 0 aliphatic heterocycles. The molecule has 100 valence electrons. The van der Waals surface area contributed by atoms with Crippen molar-refractivity contribution < 1.29 is 4.42 Å². The summed E-state index contributed by atoms with van der Waals surface area (Å²) in [7, 11) is 0. The van der Waals surface area contributed by atoms with Gasteiger partial charge in [0.1, 0.15) is 5.76 Å². The fourth-order valence-electron chi connectivity index (χ4n) is 2.76. The van der Waals surface area contributed by atoms with Gasteiger partial charge in [-0.15, -0.1) is 0 Å². The third-order valence-corrected chi connectivity index (χ3v) is 3.75. The maximum absolute atomic E-state index is 5.86. The maximum Gasteiger partial charge on any atom is 0.142 e. The van der Waals surface area contributed by atoms with Crippen LogP contribution in [0.4, 0.5) is 0 Å². The lowest BCUT2D eigenvalue weighted by atomic mass is 9.97. The average Bonchev–Trinajstić information content (AvgIpc) is 3.00. The van der Waals surface area contributed by atoms with Crippen molar-refractivity contribution in [1.82, 2.24) is 0 Å². The molecular weight excluding hydrogens is 256 g/mol. The number of hydrogen-bond donors (Lipinski definition) is 0. The Hall–Kier alpha value is -2.80. The fourth-order valence-corrected chi connectivity index (χ4v) is 2.76. The summed E-state index contributed by atoms with van der Waals surface area (Å²) in [6, 6.07) is 27.0. The van der Waals surface area contributed by atoms with Gasteiger partial charge in [-0.2, -0.15) is 0 Å². The second-order valence-corrected chi connectivity index (χ2v) is 5.07. The Morgan fingerprint density at radius 3 is 1.95 bits per heavy atom. The monoisotopic (exact) mass is 270 g/mol. The van der Waals surface area contributed by atoms with Crippen LogP contribution in [0.5, 0.6) is 0 Å². The van der Waals surface area contributed by atoms with Gasteiger partial charge in [0, 0.05) is 16.3 Å². The number of benzene rings is 3. The Labute approximate surface area is 123 Å². The third-order valence-electron chi connectivity index (χ3n) is 3.75. The molecule has 4 aromatic rings. The highest BCUT2D eigenvalue weighted by Crippen LogP contribution is 2.37. The zero-order valence-corrected chi connectivity index (χ0v) is 11.5. The first-order valence-electron chi connectivity index (χ1n) is 7.04. The summed E-state index contributed by atoms with van der Waals surface area (Å²) in [5.41, 5.74) is 3.53. The molecule has 1 heterocycles. The molecule has 4 rings (SSSR count). The molecule has 0 radical (unpaired) electrons. The first kappa shape index (κ1) is 12.0. The minimum absolute atomic E-state index is 0.935. The van der Waals surface area contributed by atoms with E-state index in [1.54, 1.807) is 0 Å². The number of fused-ring (bicyclic) bond motifs is 1. The molecule has 0 fully saturated rings. The molecule has 0 N–H and O–H groups in total. The lowest BCUT2D eigenvalue weighted by molar-refractivity contribution is 0.587. The van der Waals surface area contributed by atoms with Gasteiger partial charge in [0.2, 0.25) is 0 Å². The summed E-state index contributed by atoms with van der Waals surface area (Å²) >= 11 is 0. The van der Waals surface area contributed by atoms with E-state index in [9.17, 15) is 0 Å². The molecule has 0 saturated heterocycles. The van der Waals surface area contributed by atoms with E-state index in [0.717, 1.165) is 16.7 Å². The molecule has 1 nitrogen and oxygen atoms in total. The summed E-state index contributed by atoms with van der Waals surface area (Å²) in [5.74, 6) is 0.935. The van der Waals surface area contributed by atoms with Crippen LogP contribution in [-0.4, -0.2) is 0 Å². The van der Waals surface area contributed by atoms with E-state index in [1.165, 1.54) is 16.5 Å². The molecule has 3 aromatic carbocycles. The lowest BCUT2D eigenvalue weighted by Gasteiger charge is -2.05. The van der Waals surface area contributed by atoms with Gasteiger partial charge in [0.25, 0.3) is 0 Å². The van der Waals surface area contributed by atoms with E-state index in [0.29, 0.717) is 0 Å². The Balaban J connectivity index is 2.03. The Morgan fingerprint density at radius 1 is 0.571 bits per heavy atom. The summed E-state index contributed by atoms with van der Waals surface area (Å²) in [6.07, 6.45) is 1.84. The average molecular weight is 270 g/mol. The predicted molar refractivity (Wildman–Crippen MR) is 87.1 cm³/mol. The van der Waals surface area contributed by atoms with Crippen LogP contribution < -0.4 is 0 Å². The van der Waals surface area contributed by atoms with Gasteiger partial charge >= 0.3 is 0 Å². The minimum atomic E-state index is 0.935. The standard InChI is InChI=1S/C20H14O/c1-3-8-15(9-4-1)18-13-7-12-17-14-21-20(19(17)18)16-10-5-2-6-11-16/h1-14H. The van der Waals surface area contributed by atoms with Crippen molar-refractivity contribution in [1.29, 1.82) is 0 Å². The number of rotatable bonds is 2. The van der Waals surface area contributed by atoms with Crippen LogP contribution in [0.3, 0.4) is 0 Å². The van der Waals surface area contributed by atoms with Gasteiger partial charge in [-0.1, -0.05) is 78.9 Å². The fraction of sp³-hybridized carbons (Fsp3) is 0. The minimum Gasteiger partial charge on any atom is -0.463 e. The zero-order chi connectivity index (χ0) is 14.1. The van der Waals surface area contributed by atoms with Crippen molar-refractivity contribution in [2.75, 3.05) is 0 Å². The molecule has 0 spiro atoms. The second kappa shape index (κ2) is 4.95. The summed E-state index contributed by atoms with van der Waals surface area (Å²) in [5, 5.41) is 2.31. The van der Waals surface area contributed by atoms with Gasteiger partial charge in [0.15, 0.2) is 0 Å². The van der Waals surface area contributed by atoms with Crippen LogP contribution in [0.2, 0.25) is 0 Å². The van der Waals surface area contributed by atoms with Gasteiger partial charge in [0.05, 0.1) is 6.26 Å². The van der Waals surface area contributed by atoms with Gasteiger partial charge in [-0.05, 0) is 11.1 Å². The highest BCUT2D eigenvalue weighted by molar-refractivity contribution is 6.04. The van der Waals surface area contributed by atoms with Gasteiger partial charge in [-0.3, -0.25) is 0 Å². The van der Waals surface area contributed by atoms with Crippen molar-refractivity contribution in [3.8, 4) is 22.5 Å². The summed E-state index contributed by atoms with van der Waals surface area (Å²) < 4.78 is 5.86. The van der Waals surface area contributed by atoms with Crippen LogP contribution in [0.15, 0.2) is 89.5 Å². The van der Waals surface area contributed by atoms with E-state index in [2.05, 4.69) is 54.6 Å². The smallest absolute Gasteiger partial charge is 0.142 e. The quantitative estimate of drug-likeness (QED) is 0.451. The Bertz CT molecular complexity index is 874. The Morgan fingerprint density at radius 2 is 1.24 bits per heavy atom. The molecule has 1 aromatic heterocycles. The second-order valence-electron chi connectivity index (χ2n) is 5.07. The van der Waals surface area contributed by atoms with E-state index < -0.39 is 0 Å². The number of furan rings is 1. The maximum atomic E-state index is 5.86. The molecule has 0 aliphatic rings. The van der Waals surface area contributed by atoms with Crippen molar-refractivity contribution in [3.63, 3.8) is 0 Å². The molecule has 0 atom stereocenters. The highest BCUT2D eigenvalue weighted by Gasteiger charge is 2.13. The molecule has 0 aliphatic carbocycles. The van der Waals surface area contributed by atoms with E-state index >= 15 is 0 Å². The predicted octanol–water partition coefficient (Wildman–Crippen LogP) is 5.77. The van der Waals surface area contributed by atoms with Crippen molar-refractivity contribution >= 4 is 10.8 Å². The van der Waals surface area contributed by atoms with E-state index in [-0.39, 0.29) is 0 Å². The molecular formula is C20H14O. The summed E-state index contributed by atoms with van der Waals surface area (Å²) in [4.78, 5) is 0. The van der Waals surface area contributed by atoms with Crippen LogP contribution in [0.25, 0.3) is 33.2 Å². The highest BCUT2D eigenvalue weighted by atomic mass is 16.3. The third kappa shape index (κ3) is 2.03. The first-order chi connectivity index (χ1) is 10.4. The SMILES string of the molecule is c1ccc(-c2cccc3coc(-c4ccccc4)c23)cc1. The van der Waals surface area contributed by atoms with E-state index in [4.69, 9.17) is 4.42 Å². The van der Waals surface area contributed by atoms with Crippen molar-refractivity contribution in [3.05, 3.63) is 85.1 Å². The number of hydrogen-bond acceptors (Lipinski definition) is 1. The van der Waals surface area contributed by atoms with Crippen LogP contribution >= 0.6 is 0 Å². The largest absolute Gasteiger partial charge is 0.463 e. The van der Waals surface area contributed by atoms with Crippen LogP contribution in [0.1, 0.15) is 0 Å². The van der Waals surface area contributed by atoms with Crippen molar-refractivity contribution in [2.24, 2.45) is 0 Å². The van der Waals surface area contributed by atoms with E-state index in [1.807, 2.05) is 30.5 Å². The molecule has 0 bridgehead atoms. The summed E-state index contributed by atoms with van der Waals surface area (Å²) in [6.45, 7) is 0. The lowest BCUT2D eigenvalue weighted by Crippen LogP contribution is -1.81. The molecule has 0 unspecified atom stereocenters. The van der Waals surface area contributed by atoms with Crippen LogP contribution in [0, 0.1) is 0 Å². The normalized spacial score (nSPS) is 10.9. The molecule has 1 heteroatoms. The zero-order valence-electron chi connectivity index (χ0n) is 11.5. The first-order valence-corrected chi connectivity index (χ1v) is 7.04. The molecule has 0 amide bonds. The molecule has 0 saturated carbocycles. The van der Waals surface area contributed by atoms with Gasteiger partial charge < -0.3 is 4.42 Å². The van der Waals surface area contributed by atoms with Gasteiger partial charge in [-0.25, -0.2) is 0 Å².